The molecule has 0 aliphatic rings. The van der Waals surface area contributed by atoms with Crippen molar-refractivity contribution < 1.29 is 14.8 Å². The van der Waals surface area contributed by atoms with Gasteiger partial charge in [-0.3, -0.25) is 10.1 Å². The second-order valence-corrected chi connectivity index (χ2v) is 4.81. The minimum Gasteiger partial charge on any atom is -0.490 e. The molecule has 1 rings (SSSR count). The van der Waals surface area contributed by atoms with Gasteiger partial charge in [-0.2, -0.15) is 0 Å². The Kier molecular flexibility index (Phi) is 4.26. The first-order valence-electron chi connectivity index (χ1n) is 5.52. The summed E-state index contributed by atoms with van der Waals surface area (Å²) in [5, 5.41) is 20.2. The van der Waals surface area contributed by atoms with Gasteiger partial charge >= 0.3 is 5.69 Å². The lowest BCUT2D eigenvalue weighted by molar-refractivity contribution is -0.385. The van der Waals surface area contributed by atoms with Crippen LogP contribution in [0.15, 0.2) is 18.2 Å². The number of methoxy groups -OCH3 is 1. The highest BCUT2D eigenvalue weighted by molar-refractivity contribution is 5.49. The van der Waals surface area contributed by atoms with Crippen molar-refractivity contribution in [2.24, 2.45) is 11.1 Å². The first kappa shape index (κ1) is 14.4. The molecule has 0 saturated heterocycles. The standard InChI is InChI=1S/C12H18N2O4/c1-12(2,7-15)11(13)8-4-5-10(18-3)9(6-8)14(16)17/h4-6,11,15H,7,13H2,1-3H3/t11-/m0/s1. The number of rotatable bonds is 5. The van der Waals surface area contributed by atoms with Crippen LogP contribution in [0.3, 0.4) is 0 Å². The fourth-order valence-corrected chi connectivity index (χ4v) is 1.59. The molecule has 0 unspecified atom stereocenters. The highest BCUT2D eigenvalue weighted by Gasteiger charge is 2.29. The Hall–Kier alpha value is -1.66. The van der Waals surface area contributed by atoms with Crippen molar-refractivity contribution in [2.75, 3.05) is 13.7 Å². The quantitative estimate of drug-likeness (QED) is 0.614. The molecule has 1 aromatic carbocycles. The smallest absolute Gasteiger partial charge is 0.311 e. The van der Waals surface area contributed by atoms with Gasteiger partial charge in [0.25, 0.3) is 0 Å². The molecule has 100 valence electrons. The van der Waals surface area contributed by atoms with Crippen LogP contribution < -0.4 is 10.5 Å². The van der Waals surface area contributed by atoms with E-state index in [1.54, 1.807) is 19.9 Å². The number of aliphatic hydroxyl groups excluding tert-OH is 1. The maximum Gasteiger partial charge on any atom is 0.311 e. The van der Waals surface area contributed by atoms with Crippen molar-refractivity contribution >= 4 is 5.69 Å². The summed E-state index contributed by atoms with van der Waals surface area (Å²) in [4.78, 5) is 10.4. The van der Waals surface area contributed by atoms with E-state index in [2.05, 4.69) is 0 Å². The molecule has 6 heteroatoms. The topological polar surface area (TPSA) is 98.6 Å². The maximum absolute atomic E-state index is 10.9. The van der Waals surface area contributed by atoms with Crippen molar-refractivity contribution in [1.82, 2.24) is 0 Å². The number of hydrogen-bond donors (Lipinski definition) is 2. The lowest BCUT2D eigenvalue weighted by atomic mass is 9.82. The van der Waals surface area contributed by atoms with Gasteiger partial charge < -0.3 is 15.6 Å². The molecule has 0 aliphatic carbocycles. The predicted molar refractivity (Wildman–Crippen MR) is 67.4 cm³/mol. The van der Waals surface area contributed by atoms with Crippen LogP contribution in [0, 0.1) is 15.5 Å². The molecule has 0 spiro atoms. The third kappa shape index (κ3) is 2.77. The molecule has 0 aromatic heterocycles. The van der Waals surface area contributed by atoms with E-state index in [-0.39, 0.29) is 18.0 Å². The molecule has 0 saturated carbocycles. The fourth-order valence-electron chi connectivity index (χ4n) is 1.59. The number of nitrogens with zero attached hydrogens (tertiary/aromatic N) is 1. The van der Waals surface area contributed by atoms with Crippen LogP contribution in [0.4, 0.5) is 5.69 Å². The minimum absolute atomic E-state index is 0.103. The first-order chi connectivity index (χ1) is 8.33. The Balaban J connectivity index is 3.20. The van der Waals surface area contributed by atoms with E-state index in [1.165, 1.54) is 19.2 Å². The van der Waals surface area contributed by atoms with E-state index >= 15 is 0 Å². The van der Waals surface area contributed by atoms with Gasteiger partial charge in [-0.05, 0) is 11.6 Å². The molecule has 0 heterocycles. The van der Waals surface area contributed by atoms with Gasteiger partial charge in [0.15, 0.2) is 5.75 Å². The molecule has 0 radical (unpaired) electrons. The monoisotopic (exact) mass is 254 g/mol. The molecule has 1 atom stereocenters. The number of nitro benzene ring substituents is 1. The number of hydrogen-bond acceptors (Lipinski definition) is 5. The lowest BCUT2D eigenvalue weighted by Crippen LogP contribution is -2.32. The van der Waals surface area contributed by atoms with Gasteiger partial charge in [0.1, 0.15) is 0 Å². The summed E-state index contributed by atoms with van der Waals surface area (Å²) in [6, 6.07) is 4.09. The summed E-state index contributed by atoms with van der Waals surface area (Å²) in [5.74, 6) is 0.192. The Morgan fingerprint density at radius 1 is 1.56 bits per heavy atom. The number of nitro groups is 1. The summed E-state index contributed by atoms with van der Waals surface area (Å²) in [6.07, 6.45) is 0. The summed E-state index contributed by atoms with van der Waals surface area (Å²) >= 11 is 0. The largest absolute Gasteiger partial charge is 0.490 e. The third-order valence-electron chi connectivity index (χ3n) is 3.01. The highest BCUT2D eigenvalue weighted by atomic mass is 16.6. The molecule has 6 nitrogen and oxygen atoms in total. The molecule has 0 aliphatic heterocycles. The Labute approximate surface area is 106 Å². The molecule has 0 bridgehead atoms. The van der Waals surface area contributed by atoms with E-state index in [0.29, 0.717) is 5.56 Å². The average molecular weight is 254 g/mol. The highest BCUT2D eigenvalue weighted by Crippen LogP contribution is 2.35. The van der Waals surface area contributed by atoms with Gasteiger partial charge in [0.2, 0.25) is 0 Å². The zero-order chi connectivity index (χ0) is 13.9. The average Bonchev–Trinajstić information content (AvgIpc) is 2.36. The minimum atomic E-state index is -0.553. The van der Waals surface area contributed by atoms with Crippen molar-refractivity contribution in [3.05, 3.63) is 33.9 Å². The van der Waals surface area contributed by atoms with Gasteiger partial charge in [0.05, 0.1) is 12.0 Å². The van der Waals surface area contributed by atoms with E-state index in [1.807, 2.05) is 0 Å². The Morgan fingerprint density at radius 3 is 2.61 bits per heavy atom. The molecule has 0 fully saturated rings. The van der Waals surface area contributed by atoms with Gasteiger partial charge in [-0.25, -0.2) is 0 Å². The zero-order valence-electron chi connectivity index (χ0n) is 10.7. The predicted octanol–water partition coefficient (Wildman–Crippen LogP) is 1.62. The van der Waals surface area contributed by atoms with Crippen molar-refractivity contribution in [1.29, 1.82) is 0 Å². The number of nitrogens with two attached hydrogens (primary N) is 1. The van der Waals surface area contributed by atoms with Gasteiger partial charge in [-0.15, -0.1) is 0 Å². The molecular weight excluding hydrogens is 236 g/mol. The second-order valence-electron chi connectivity index (χ2n) is 4.81. The summed E-state index contributed by atoms with van der Waals surface area (Å²) < 4.78 is 4.92. The van der Waals surface area contributed by atoms with Crippen molar-refractivity contribution in [3.8, 4) is 5.75 Å². The van der Waals surface area contributed by atoms with Crippen LogP contribution in [0.1, 0.15) is 25.5 Å². The van der Waals surface area contributed by atoms with Gasteiger partial charge in [-0.1, -0.05) is 19.9 Å². The third-order valence-corrected chi connectivity index (χ3v) is 3.01. The molecule has 1 aromatic rings. The SMILES string of the molecule is COc1ccc([C@H](N)C(C)(C)CO)cc1[N+](=O)[O-]. The van der Waals surface area contributed by atoms with Crippen LogP contribution >= 0.6 is 0 Å². The van der Waals surface area contributed by atoms with Gasteiger partial charge in [0, 0.05) is 24.1 Å². The Morgan fingerprint density at radius 2 is 2.17 bits per heavy atom. The van der Waals surface area contributed by atoms with Crippen molar-refractivity contribution in [2.45, 2.75) is 19.9 Å². The normalized spacial score (nSPS) is 13.2. The zero-order valence-corrected chi connectivity index (χ0v) is 10.7. The van der Waals surface area contributed by atoms with Crippen molar-refractivity contribution in [3.63, 3.8) is 0 Å². The number of ether oxygens (including phenoxy) is 1. The van der Waals surface area contributed by atoms with Crippen LogP contribution in [0.25, 0.3) is 0 Å². The van der Waals surface area contributed by atoms with Crippen LogP contribution in [-0.2, 0) is 0 Å². The molecule has 18 heavy (non-hydrogen) atoms. The number of benzene rings is 1. The number of aliphatic hydroxyl groups is 1. The summed E-state index contributed by atoms with van der Waals surface area (Å²) in [6.45, 7) is 3.50. The summed E-state index contributed by atoms with van der Waals surface area (Å²) in [5.41, 5.74) is 5.94. The maximum atomic E-state index is 10.9. The summed E-state index contributed by atoms with van der Waals surface area (Å²) in [7, 11) is 1.37. The molecule has 0 amide bonds. The second kappa shape index (κ2) is 5.32. The van der Waals surface area contributed by atoms with E-state index in [4.69, 9.17) is 10.5 Å². The first-order valence-corrected chi connectivity index (χ1v) is 5.52. The van der Waals surface area contributed by atoms with Crippen LogP contribution in [0.2, 0.25) is 0 Å². The Bertz CT molecular complexity index is 446. The van der Waals surface area contributed by atoms with Crippen LogP contribution in [0.5, 0.6) is 5.75 Å². The lowest BCUT2D eigenvalue weighted by Gasteiger charge is -2.29. The van der Waals surface area contributed by atoms with E-state index in [9.17, 15) is 15.2 Å². The molecule has 3 N–H and O–H groups in total. The van der Waals surface area contributed by atoms with E-state index in [0.717, 1.165) is 0 Å². The van der Waals surface area contributed by atoms with E-state index < -0.39 is 16.4 Å². The fraction of sp³-hybridized carbons (Fsp3) is 0.500. The molecular formula is C12H18N2O4. The van der Waals surface area contributed by atoms with Crippen LogP contribution in [-0.4, -0.2) is 23.7 Å².